The third-order valence-corrected chi connectivity index (χ3v) is 6.72. The lowest BCUT2D eigenvalue weighted by atomic mass is 10.2. The molecule has 0 bridgehead atoms. The maximum Gasteiger partial charge on any atom is 0.260 e. The normalized spacial score (nSPS) is 15.8. The van der Waals surface area contributed by atoms with E-state index in [2.05, 4.69) is 5.32 Å². The largest absolute Gasteiger partial charge is 0.492 e. The van der Waals surface area contributed by atoms with Crippen LogP contribution >= 0.6 is 0 Å². The molecule has 0 aromatic heterocycles. The SMILES string of the molecule is Cc1ccc(OC(C)C(=O)NCCOc2ccc(S(=O)(=O)N3CCOCC3)cc2)cc1. The molecule has 0 radical (unpaired) electrons. The molecule has 0 spiro atoms. The van der Waals surface area contributed by atoms with Gasteiger partial charge in [0.1, 0.15) is 18.1 Å². The van der Waals surface area contributed by atoms with Crippen LogP contribution in [0.5, 0.6) is 11.5 Å². The number of ether oxygens (including phenoxy) is 3. The first kappa shape index (κ1) is 23.1. The van der Waals surface area contributed by atoms with Crippen LogP contribution in [-0.2, 0) is 19.6 Å². The predicted octanol–water partition coefficient (Wildman–Crippen LogP) is 1.98. The minimum absolute atomic E-state index is 0.220. The van der Waals surface area contributed by atoms with Crippen LogP contribution in [0.2, 0.25) is 0 Å². The monoisotopic (exact) mass is 448 g/mol. The zero-order valence-electron chi connectivity index (χ0n) is 17.7. The molecule has 0 saturated carbocycles. The number of rotatable bonds is 9. The fourth-order valence-electron chi connectivity index (χ4n) is 3.01. The van der Waals surface area contributed by atoms with Gasteiger partial charge in [0.25, 0.3) is 5.91 Å². The number of carbonyl (C=O) groups is 1. The molecule has 8 nitrogen and oxygen atoms in total. The van der Waals surface area contributed by atoms with Crippen LogP contribution in [0.15, 0.2) is 53.4 Å². The van der Waals surface area contributed by atoms with E-state index in [1.54, 1.807) is 19.1 Å². The van der Waals surface area contributed by atoms with E-state index in [4.69, 9.17) is 14.2 Å². The van der Waals surface area contributed by atoms with Gasteiger partial charge in [-0.1, -0.05) is 17.7 Å². The van der Waals surface area contributed by atoms with Gasteiger partial charge in [0, 0.05) is 13.1 Å². The first-order chi connectivity index (χ1) is 14.9. The number of amides is 1. The summed E-state index contributed by atoms with van der Waals surface area (Å²) in [6, 6.07) is 13.8. The van der Waals surface area contributed by atoms with Gasteiger partial charge in [0.15, 0.2) is 6.10 Å². The average molecular weight is 449 g/mol. The maximum atomic E-state index is 12.6. The summed E-state index contributed by atoms with van der Waals surface area (Å²) in [4.78, 5) is 12.4. The quantitative estimate of drug-likeness (QED) is 0.590. The van der Waals surface area contributed by atoms with Gasteiger partial charge >= 0.3 is 0 Å². The second kappa shape index (κ2) is 10.6. The summed E-state index contributed by atoms with van der Waals surface area (Å²) in [6.45, 7) is 5.73. The lowest BCUT2D eigenvalue weighted by Gasteiger charge is -2.26. The molecule has 31 heavy (non-hydrogen) atoms. The highest BCUT2D eigenvalue weighted by Crippen LogP contribution is 2.20. The van der Waals surface area contributed by atoms with E-state index < -0.39 is 16.1 Å². The van der Waals surface area contributed by atoms with E-state index in [-0.39, 0.29) is 17.4 Å². The lowest BCUT2D eigenvalue weighted by Crippen LogP contribution is -2.40. The van der Waals surface area contributed by atoms with Crippen LogP contribution in [0.25, 0.3) is 0 Å². The fourth-order valence-corrected chi connectivity index (χ4v) is 4.41. The van der Waals surface area contributed by atoms with E-state index in [0.717, 1.165) is 5.56 Å². The van der Waals surface area contributed by atoms with E-state index in [1.807, 2.05) is 31.2 Å². The molecule has 2 aromatic carbocycles. The molecule has 1 amide bonds. The van der Waals surface area contributed by atoms with Crippen LogP contribution in [-0.4, -0.2) is 64.2 Å². The number of nitrogens with zero attached hydrogens (tertiary/aromatic N) is 1. The molecule has 1 N–H and O–H groups in total. The number of sulfonamides is 1. The number of benzene rings is 2. The van der Waals surface area contributed by atoms with Gasteiger partial charge in [0.05, 0.1) is 24.7 Å². The second-order valence-corrected chi connectivity index (χ2v) is 9.14. The average Bonchev–Trinajstić information content (AvgIpc) is 2.79. The van der Waals surface area contributed by atoms with E-state index in [9.17, 15) is 13.2 Å². The van der Waals surface area contributed by atoms with Gasteiger partial charge in [-0.25, -0.2) is 8.42 Å². The Morgan fingerprint density at radius 2 is 1.68 bits per heavy atom. The Balaban J connectivity index is 1.42. The Labute approximate surface area is 183 Å². The minimum atomic E-state index is -3.53. The molecule has 2 aromatic rings. The van der Waals surface area contributed by atoms with Crippen molar-refractivity contribution in [3.05, 3.63) is 54.1 Å². The number of morpholine rings is 1. The molecule has 0 aliphatic carbocycles. The summed E-state index contributed by atoms with van der Waals surface area (Å²) in [6.07, 6.45) is -0.632. The van der Waals surface area contributed by atoms with Crippen molar-refractivity contribution in [1.29, 1.82) is 0 Å². The highest BCUT2D eigenvalue weighted by Gasteiger charge is 2.26. The van der Waals surface area contributed by atoms with Crippen molar-refractivity contribution in [3.63, 3.8) is 0 Å². The molecule has 1 fully saturated rings. The maximum absolute atomic E-state index is 12.6. The van der Waals surface area contributed by atoms with Crippen molar-refractivity contribution in [3.8, 4) is 11.5 Å². The highest BCUT2D eigenvalue weighted by atomic mass is 32.2. The van der Waals surface area contributed by atoms with E-state index in [1.165, 1.54) is 16.4 Å². The third-order valence-electron chi connectivity index (χ3n) is 4.80. The minimum Gasteiger partial charge on any atom is -0.492 e. The van der Waals surface area contributed by atoms with Crippen LogP contribution in [0.4, 0.5) is 0 Å². The Bertz CT molecular complexity index is 955. The van der Waals surface area contributed by atoms with Crippen LogP contribution in [0.1, 0.15) is 12.5 Å². The van der Waals surface area contributed by atoms with Gasteiger partial charge in [-0.3, -0.25) is 4.79 Å². The molecule has 1 unspecified atom stereocenters. The zero-order chi connectivity index (χ0) is 22.3. The van der Waals surface area contributed by atoms with Crippen molar-refractivity contribution in [1.82, 2.24) is 9.62 Å². The van der Waals surface area contributed by atoms with Crippen molar-refractivity contribution in [2.24, 2.45) is 0 Å². The van der Waals surface area contributed by atoms with E-state index in [0.29, 0.717) is 44.3 Å². The zero-order valence-corrected chi connectivity index (χ0v) is 18.6. The molecule has 3 rings (SSSR count). The van der Waals surface area contributed by atoms with Crippen molar-refractivity contribution < 1.29 is 27.4 Å². The fraction of sp³-hybridized carbons (Fsp3) is 0.409. The standard InChI is InChI=1S/C22H28N2O6S/c1-17-3-5-20(6-4-17)30-18(2)22(25)23-11-14-29-19-7-9-21(10-8-19)31(26,27)24-12-15-28-16-13-24/h3-10,18H,11-16H2,1-2H3,(H,23,25). The number of hydrogen-bond acceptors (Lipinski definition) is 6. The molecule has 168 valence electrons. The lowest BCUT2D eigenvalue weighted by molar-refractivity contribution is -0.127. The smallest absolute Gasteiger partial charge is 0.260 e. The Hall–Kier alpha value is -2.62. The summed E-state index contributed by atoms with van der Waals surface area (Å²) in [7, 11) is -3.53. The Morgan fingerprint density at radius 1 is 1.06 bits per heavy atom. The molecular formula is C22H28N2O6S. The summed E-state index contributed by atoms with van der Waals surface area (Å²) < 4.78 is 43.1. The topological polar surface area (TPSA) is 94.2 Å². The first-order valence-corrected chi connectivity index (χ1v) is 11.6. The predicted molar refractivity (Wildman–Crippen MR) is 116 cm³/mol. The summed E-state index contributed by atoms with van der Waals surface area (Å²) in [5, 5.41) is 2.76. The number of nitrogens with one attached hydrogen (secondary N) is 1. The molecule has 1 heterocycles. The second-order valence-electron chi connectivity index (χ2n) is 7.20. The van der Waals surface area contributed by atoms with Gasteiger partial charge in [-0.05, 0) is 50.2 Å². The van der Waals surface area contributed by atoms with Gasteiger partial charge in [0.2, 0.25) is 10.0 Å². The molecule has 1 saturated heterocycles. The Kier molecular flexibility index (Phi) is 7.89. The molecule has 1 aliphatic heterocycles. The number of hydrogen-bond donors (Lipinski definition) is 1. The summed E-state index contributed by atoms with van der Waals surface area (Å²) in [5.74, 6) is 0.923. The van der Waals surface area contributed by atoms with Crippen LogP contribution < -0.4 is 14.8 Å². The third kappa shape index (κ3) is 6.43. The van der Waals surface area contributed by atoms with Crippen molar-refractivity contribution in [2.75, 3.05) is 39.5 Å². The number of carbonyl (C=O) groups excluding carboxylic acids is 1. The number of aryl methyl sites for hydroxylation is 1. The molecule has 1 atom stereocenters. The molecule has 1 aliphatic rings. The Morgan fingerprint density at radius 3 is 2.32 bits per heavy atom. The van der Waals surface area contributed by atoms with Crippen molar-refractivity contribution >= 4 is 15.9 Å². The van der Waals surface area contributed by atoms with Crippen LogP contribution in [0.3, 0.4) is 0 Å². The van der Waals surface area contributed by atoms with Gasteiger partial charge < -0.3 is 19.5 Å². The van der Waals surface area contributed by atoms with Crippen LogP contribution in [0, 0.1) is 6.92 Å². The molecular weight excluding hydrogens is 420 g/mol. The highest BCUT2D eigenvalue weighted by molar-refractivity contribution is 7.89. The van der Waals surface area contributed by atoms with Crippen molar-refractivity contribution in [2.45, 2.75) is 24.8 Å². The van der Waals surface area contributed by atoms with Gasteiger partial charge in [-0.2, -0.15) is 4.31 Å². The summed E-state index contributed by atoms with van der Waals surface area (Å²) >= 11 is 0. The van der Waals surface area contributed by atoms with Gasteiger partial charge in [-0.15, -0.1) is 0 Å². The summed E-state index contributed by atoms with van der Waals surface area (Å²) in [5.41, 5.74) is 1.12. The first-order valence-electron chi connectivity index (χ1n) is 10.2. The molecule has 9 heteroatoms. The van der Waals surface area contributed by atoms with E-state index >= 15 is 0 Å².